The van der Waals surface area contributed by atoms with E-state index in [2.05, 4.69) is 60.0 Å². The lowest BCUT2D eigenvalue weighted by Crippen LogP contribution is -2.67. The minimum Gasteiger partial charge on any atom is -0.404 e. The van der Waals surface area contributed by atoms with E-state index < -0.39 is 20.6 Å². The third-order valence-corrected chi connectivity index (χ3v) is 11.6. The number of ether oxygens (including phenoxy) is 1. The number of benzene rings is 2. The molecule has 1 saturated heterocycles. The van der Waals surface area contributed by atoms with Gasteiger partial charge in [-0.25, -0.2) is 15.0 Å². The molecule has 0 bridgehead atoms. The molecule has 0 radical (unpaired) electrons. The first-order valence-corrected chi connectivity index (χ1v) is 13.6. The molecule has 4 aromatic rings. The maximum absolute atomic E-state index is 13.0. The van der Waals surface area contributed by atoms with Gasteiger partial charge in [0.2, 0.25) is 0 Å². The predicted octanol–water partition coefficient (Wildman–Crippen LogP) is 2.84. The van der Waals surface area contributed by atoms with Crippen LogP contribution in [0.2, 0.25) is 5.04 Å². The molecular formula is C26H29N5O3Si. The smallest absolute Gasteiger partial charge is 0.261 e. The van der Waals surface area contributed by atoms with E-state index in [4.69, 9.17) is 14.9 Å². The molecule has 0 aliphatic carbocycles. The highest BCUT2D eigenvalue weighted by Gasteiger charge is 2.51. The number of anilines is 1. The van der Waals surface area contributed by atoms with Gasteiger partial charge in [0.25, 0.3) is 8.32 Å². The molecule has 180 valence electrons. The minimum atomic E-state index is -2.77. The van der Waals surface area contributed by atoms with Crippen molar-refractivity contribution in [1.29, 1.82) is 0 Å². The van der Waals surface area contributed by atoms with Crippen LogP contribution >= 0.6 is 0 Å². The SMILES string of the molecule is CC(C)(C)[Si](OC[C@H]1O[C@@H](n2cnc3c(N)ncnc32)CC1=O)(c1ccccc1)c1ccccc1. The van der Waals surface area contributed by atoms with E-state index in [1.165, 1.54) is 6.33 Å². The van der Waals surface area contributed by atoms with Crippen LogP contribution in [0.1, 0.15) is 33.4 Å². The maximum Gasteiger partial charge on any atom is 0.261 e. The summed E-state index contributed by atoms with van der Waals surface area (Å²) in [7, 11) is -2.77. The summed E-state index contributed by atoms with van der Waals surface area (Å²) < 4.78 is 14.9. The van der Waals surface area contributed by atoms with Crippen LogP contribution in [0.15, 0.2) is 73.3 Å². The molecule has 5 rings (SSSR count). The van der Waals surface area contributed by atoms with Crippen LogP contribution in [-0.2, 0) is 14.0 Å². The highest BCUT2D eigenvalue weighted by Crippen LogP contribution is 2.38. The van der Waals surface area contributed by atoms with Crippen molar-refractivity contribution >= 4 is 41.5 Å². The van der Waals surface area contributed by atoms with Crippen molar-refractivity contribution in [3.63, 3.8) is 0 Å². The first-order valence-electron chi connectivity index (χ1n) is 11.7. The maximum atomic E-state index is 13.0. The highest BCUT2D eigenvalue weighted by molar-refractivity contribution is 6.99. The Hall–Kier alpha value is -3.40. The van der Waals surface area contributed by atoms with Crippen LogP contribution in [0.25, 0.3) is 11.2 Å². The van der Waals surface area contributed by atoms with Gasteiger partial charge in [-0.05, 0) is 15.4 Å². The normalized spacial score (nSPS) is 18.9. The van der Waals surface area contributed by atoms with Gasteiger partial charge in [0.15, 0.2) is 17.2 Å². The first-order chi connectivity index (χ1) is 16.8. The van der Waals surface area contributed by atoms with Crippen molar-refractivity contribution in [1.82, 2.24) is 19.5 Å². The van der Waals surface area contributed by atoms with Crippen LogP contribution in [0.5, 0.6) is 0 Å². The number of ketones is 1. The summed E-state index contributed by atoms with van der Waals surface area (Å²) in [5, 5.41) is 2.13. The summed E-state index contributed by atoms with van der Waals surface area (Å²) in [5.41, 5.74) is 6.96. The Kier molecular flexibility index (Phi) is 6.00. The molecule has 0 saturated carbocycles. The number of aromatic nitrogens is 4. The van der Waals surface area contributed by atoms with Gasteiger partial charge in [0.1, 0.15) is 24.2 Å². The lowest BCUT2D eigenvalue weighted by molar-refractivity contribution is -0.124. The fraction of sp³-hybridized carbons (Fsp3) is 0.308. The number of fused-ring (bicyclic) bond motifs is 1. The van der Waals surface area contributed by atoms with E-state index in [1.54, 1.807) is 10.9 Å². The van der Waals surface area contributed by atoms with Crippen LogP contribution in [0.4, 0.5) is 5.82 Å². The van der Waals surface area contributed by atoms with E-state index >= 15 is 0 Å². The number of hydrogen-bond acceptors (Lipinski definition) is 7. The fourth-order valence-electron chi connectivity index (χ4n) is 4.96. The van der Waals surface area contributed by atoms with Crippen LogP contribution < -0.4 is 16.1 Å². The summed E-state index contributed by atoms with van der Waals surface area (Å²) in [6.45, 7) is 6.80. The van der Waals surface area contributed by atoms with Crippen molar-refractivity contribution in [3.05, 3.63) is 73.3 Å². The zero-order chi connectivity index (χ0) is 24.6. The lowest BCUT2D eigenvalue weighted by atomic mass is 10.2. The number of hydrogen-bond donors (Lipinski definition) is 1. The number of imidazole rings is 1. The molecule has 0 spiro atoms. The molecule has 2 aromatic heterocycles. The van der Waals surface area contributed by atoms with Gasteiger partial charge < -0.3 is 14.9 Å². The number of nitrogens with two attached hydrogens (primary N) is 1. The zero-order valence-electron chi connectivity index (χ0n) is 20.1. The Bertz CT molecular complexity index is 1300. The molecule has 35 heavy (non-hydrogen) atoms. The van der Waals surface area contributed by atoms with Gasteiger partial charge in [0, 0.05) is 0 Å². The molecular weight excluding hydrogens is 458 g/mol. The molecule has 1 aliphatic heterocycles. The Morgan fingerprint density at radius 1 is 1.03 bits per heavy atom. The molecule has 8 nitrogen and oxygen atoms in total. The van der Waals surface area contributed by atoms with E-state index in [9.17, 15) is 4.79 Å². The number of nitrogen functional groups attached to an aromatic ring is 1. The van der Waals surface area contributed by atoms with Crippen molar-refractivity contribution in [3.8, 4) is 0 Å². The quantitative estimate of drug-likeness (QED) is 0.417. The molecule has 2 atom stereocenters. The van der Waals surface area contributed by atoms with Gasteiger partial charge in [-0.1, -0.05) is 81.4 Å². The van der Waals surface area contributed by atoms with Crippen molar-refractivity contribution in [2.45, 2.75) is 44.6 Å². The van der Waals surface area contributed by atoms with Gasteiger partial charge in [0.05, 0.1) is 19.4 Å². The predicted molar refractivity (Wildman–Crippen MR) is 137 cm³/mol. The molecule has 0 unspecified atom stereocenters. The van der Waals surface area contributed by atoms with Crippen molar-refractivity contribution in [2.75, 3.05) is 12.3 Å². The van der Waals surface area contributed by atoms with E-state index in [0.717, 1.165) is 10.4 Å². The molecule has 2 aromatic carbocycles. The largest absolute Gasteiger partial charge is 0.404 e. The third kappa shape index (κ3) is 4.05. The Labute approximate surface area is 205 Å². The number of rotatable bonds is 6. The fourth-order valence-corrected chi connectivity index (χ4v) is 9.51. The molecule has 2 N–H and O–H groups in total. The second-order valence-electron chi connectivity index (χ2n) is 9.81. The molecule has 0 amide bonds. The van der Waals surface area contributed by atoms with E-state index in [0.29, 0.717) is 17.0 Å². The number of Topliss-reactive ketones (excluding diaryl/α,β-unsaturated/α-hetero) is 1. The van der Waals surface area contributed by atoms with Crippen LogP contribution in [0, 0.1) is 0 Å². The summed E-state index contributed by atoms with van der Waals surface area (Å²) in [6, 6.07) is 20.7. The summed E-state index contributed by atoms with van der Waals surface area (Å²) >= 11 is 0. The first kappa shape index (κ1) is 23.3. The topological polar surface area (TPSA) is 105 Å². The Morgan fingerprint density at radius 3 is 2.26 bits per heavy atom. The number of carbonyl (C=O) groups is 1. The van der Waals surface area contributed by atoms with Crippen LogP contribution in [-0.4, -0.2) is 46.3 Å². The van der Waals surface area contributed by atoms with Crippen molar-refractivity contribution in [2.24, 2.45) is 0 Å². The Balaban J connectivity index is 1.45. The van der Waals surface area contributed by atoms with Gasteiger partial charge in [-0.2, -0.15) is 0 Å². The highest BCUT2D eigenvalue weighted by atomic mass is 28.4. The minimum absolute atomic E-state index is 0.00295. The molecule has 1 aliphatic rings. The van der Waals surface area contributed by atoms with Crippen LogP contribution in [0.3, 0.4) is 0 Å². The molecule has 3 heterocycles. The second kappa shape index (κ2) is 8.99. The van der Waals surface area contributed by atoms with Gasteiger partial charge in [-0.15, -0.1) is 0 Å². The molecule has 9 heteroatoms. The number of nitrogens with zero attached hydrogens (tertiary/aromatic N) is 4. The van der Waals surface area contributed by atoms with E-state index in [-0.39, 0.29) is 23.8 Å². The van der Waals surface area contributed by atoms with E-state index in [1.807, 2.05) is 36.4 Å². The second-order valence-corrected chi connectivity index (χ2v) is 14.1. The Morgan fingerprint density at radius 2 is 1.66 bits per heavy atom. The zero-order valence-corrected chi connectivity index (χ0v) is 21.1. The number of carbonyl (C=O) groups excluding carboxylic acids is 1. The van der Waals surface area contributed by atoms with Gasteiger partial charge >= 0.3 is 0 Å². The average Bonchev–Trinajstić information content (AvgIpc) is 3.44. The van der Waals surface area contributed by atoms with Crippen molar-refractivity contribution < 1.29 is 14.0 Å². The third-order valence-electron chi connectivity index (χ3n) is 6.62. The summed E-state index contributed by atoms with van der Waals surface area (Å²) in [4.78, 5) is 25.6. The average molecular weight is 488 g/mol. The standard InChI is InChI=1S/C26H29N5O3Si/c1-26(2,3)35(18-10-6-4-7-11-18,19-12-8-5-9-13-19)33-15-21-20(32)14-22(34-21)31-17-30-23-24(27)28-16-29-25(23)31/h4-13,16-17,21-22H,14-15H2,1-3H3,(H2,27,28,29)/t21-,22-/m1/s1. The lowest BCUT2D eigenvalue weighted by Gasteiger charge is -2.43. The summed E-state index contributed by atoms with van der Waals surface area (Å²) in [5.74, 6) is 0.293. The molecule has 1 fully saturated rings. The summed E-state index contributed by atoms with van der Waals surface area (Å²) in [6.07, 6.45) is 1.99. The van der Waals surface area contributed by atoms with Gasteiger partial charge in [-0.3, -0.25) is 9.36 Å². The monoisotopic (exact) mass is 487 g/mol.